The van der Waals surface area contributed by atoms with E-state index in [9.17, 15) is 0 Å². The average molecular weight is 156 g/mol. The lowest BCUT2D eigenvalue weighted by Gasteiger charge is -1.87. The van der Waals surface area contributed by atoms with E-state index >= 15 is 0 Å². The summed E-state index contributed by atoms with van der Waals surface area (Å²) in [6.45, 7) is 0.833. The van der Waals surface area contributed by atoms with Crippen molar-refractivity contribution in [3.05, 3.63) is 35.0 Å². The van der Waals surface area contributed by atoms with Crippen LogP contribution in [0.15, 0.2) is 29.4 Å². The van der Waals surface area contributed by atoms with Crippen molar-refractivity contribution in [2.75, 3.05) is 6.54 Å². The van der Waals surface area contributed by atoms with Gasteiger partial charge in [-0.05, 0) is 17.4 Å². The van der Waals surface area contributed by atoms with Crippen LogP contribution in [0.5, 0.6) is 0 Å². The lowest BCUT2D eigenvalue weighted by Crippen LogP contribution is -2.21. The van der Waals surface area contributed by atoms with Crippen LogP contribution in [-0.4, -0.2) is 11.5 Å². The SMILES string of the molecule is C1=c2ccc3[nH]ccc3c2=NC1. The number of hydrogen-bond donors (Lipinski definition) is 1. The van der Waals surface area contributed by atoms with Crippen molar-refractivity contribution in [2.45, 2.75) is 0 Å². The largest absolute Gasteiger partial charge is 0.361 e. The minimum Gasteiger partial charge on any atom is -0.361 e. The molecule has 0 atom stereocenters. The zero-order chi connectivity index (χ0) is 7.97. The van der Waals surface area contributed by atoms with E-state index in [1.807, 2.05) is 6.20 Å². The van der Waals surface area contributed by atoms with E-state index in [2.05, 4.69) is 34.3 Å². The Morgan fingerprint density at radius 3 is 3.25 bits per heavy atom. The summed E-state index contributed by atoms with van der Waals surface area (Å²) >= 11 is 0. The molecule has 2 heteroatoms. The maximum Gasteiger partial charge on any atom is 0.0741 e. The Labute approximate surface area is 69.3 Å². The highest BCUT2D eigenvalue weighted by atomic mass is 14.7. The Bertz CT molecular complexity index is 549. The molecular weight excluding hydrogens is 148 g/mol. The molecule has 0 saturated carbocycles. The van der Waals surface area contributed by atoms with Gasteiger partial charge < -0.3 is 4.98 Å². The van der Waals surface area contributed by atoms with Crippen molar-refractivity contribution < 1.29 is 0 Å². The molecule has 1 aromatic heterocycles. The maximum absolute atomic E-state index is 4.42. The number of nitrogens with one attached hydrogen (secondary N) is 1. The van der Waals surface area contributed by atoms with Crippen molar-refractivity contribution in [1.29, 1.82) is 0 Å². The number of hydrogen-bond acceptors (Lipinski definition) is 1. The molecule has 2 aromatic rings. The topological polar surface area (TPSA) is 28.1 Å². The monoisotopic (exact) mass is 156 g/mol. The fourth-order valence-electron chi connectivity index (χ4n) is 1.71. The van der Waals surface area contributed by atoms with Gasteiger partial charge >= 0.3 is 0 Å². The van der Waals surface area contributed by atoms with Crippen LogP contribution in [0.1, 0.15) is 0 Å². The van der Waals surface area contributed by atoms with Gasteiger partial charge in [-0.15, -0.1) is 0 Å². The summed E-state index contributed by atoms with van der Waals surface area (Å²) in [4.78, 5) is 7.60. The zero-order valence-electron chi connectivity index (χ0n) is 6.54. The van der Waals surface area contributed by atoms with E-state index in [1.54, 1.807) is 0 Å². The molecule has 2 heterocycles. The third-order valence-electron chi connectivity index (χ3n) is 2.30. The summed E-state index contributed by atoms with van der Waals surface area (Å²) in [5.74, 6) is 0. The van der Waals surface area contributed by atoms with E-state index in [1.165, 1.54) is 16.1 Å². The van der Waals surface area contributed by atoms with Gasteiger partial charge in [0.05, 0.1) is 11.9 Å². The van der Waals surface area contributed by atoms with Crippen LogP contribution in [0.3, 0.4) is 0 Å². The molecule has 0 radical (unpaired) electrons. The molecule has 1 aliphatic heterocycles. The minimum absolute atomic E-state index is 0.833. The van der Waals surface area contributed by atoms with Gasteiger partial charge in [-0.3, -0.25) is 4.99 Å². The van der Waals surface area contributed by atoms with Gasteiger partial charge in [-0.25, -0.2) is 0 Å². The normalized spacial score (nSPS) is 14.0. The van der Waals surface area contributed by atoms with E-state index in [-0.39, 0.29) is 0 Å². The van der Waals surface area contributed by atoms with Gasteiger partial charge in [-0.2, -0.15) is 0 Å². The number of H-pyrrole nitrogens is 1. The molecule has 12 heavy (non-hydrogen) atoms. The highest BCUT2D eigenvalue weighted by Crippen LogP contribution is 2.04. The quantitative estimate of drug-likeness (QED) is 0.578. The fraction of sp³-hybridized carbons (Fsp3) is 0.100. The molecule has 58 valence electrons. The standard InChI is InChI=1S/C10H8N2/c1-2-9-8(4-6-11-9)10-7(1)3-5-12-10/h1-4,6,11H,5H2. The summed E-state index contributed by atoms with van der Waals surface area (Å²) in [6.07, 6.45) is 4.11. The number of nitrogens with zero attached hydrogens (tertiary/aromatic N) is 1. The van der Waals surface area contributed by atoms with Gasteiger partial charge in [0.2, 0.25) is 0 Å². The fourth-order valence-corrected chi connectivity index (χ4v) is 1.71. The van der Waals surface area contributed by atoms with Gasteiger partial charge in [0, 0.05) is 17.1 Å². The molecule has 0 amide bonds. The van der Waals surface area contributed by atoms with Crippen LogP contribution >= 0.6 is 0 Å². The van der Waals surface area contributed by atoms with Gasteiger partial charge in [0.1, 0.15) is 0 Å². The predicted octanol–water partition coefficient (Wildman–Crippen LogP) is 0.582. The molecule has 1 N–H and O–H groups in total. The number of fused-ring (bicyclic) bond motifs is 3. The number of rotatable bonds is 0. The summed E-state index contributed by atoms with van der Waals surface area (Å²) < 4.78 is 0. The number of aromatic nitrogens is 1. The Kier molecular flexibility index (Phi) is 0.987. The Balaban J connectivity index is 2.73. The van der Waals surface area contributed by atoms with Crippen molar-refractivity contribution in [1.82, 2.24) is 4.98 Å². The van der Waals surface area contributed by atoms with Crippen LogP contribution in [-0.2, 0) is 0 Å². The first-order valence-electron chi connectivity index (χ1n) is 4.06. The molecular formula is C10H8N2. The van der Waals surface area contributed by atoms with Gasteiger partial charge in [0.25, 0.3) is 0 Å². The Morgan fingerprint density at radius 1 is 1.25 bits per heavy atom. The highest BCUT2D eigenvalue weighted by molar-refractivity contribution is 5.79. The molecule has 0 aliphatic carbocycles. The molecule has 1 aromatic carbocycles. The second kappa shape index (κ2) is 1.97. The first kappa shape index (κ1) is 6.00. The summed E-state index contributed by atoms with van der Waals surface area (Å²) in [7, 11) is 0. The van der Waals surface area contributed by atoms with Crippen molar-refractivity contribution in [3.8, 4) is 0 Å². The predicted molar refractivity (Wildman–Crippen MR) is 48.4 cm³/mol. The lowest BCUT2D eigenvalue weighted by molar-refractivity contribution is 1.24. The lowest BCUT2D eigenvalue weighted by atomic mass is 10.2. The zero-order valence-corrected chi connectivity index (χ0v) is 6.54. The summed E-state index contributed by atoms with van der Waals surface area (Å²) in [5, 5.41) is 3.65. The van der Waals surface area contributed by atoms with E-state index in [0.29, 0.717) is 0 Å². The van der Waals surface area contributed by atoms with E-state index in [4.69, 9.17) is 0 Å². The Hall–Kier alpha value is -1.57. The first-order valence-corrected chi connectivity index (χ1v) is 4.06. The van der Waals surface area contributed by atoms with Gasteiger partial charge in [-0.1, -0.05) is 12.1 Å². The smallest absolute Gasteiger partial charge is 0.0741 e. The van der Waals surface area contributed by atoms with Gasteiger partial charge in [0.15, 0.2) is 0 Å². The second-order valence-electron chi connectivity index (χ2n) is 2.99. The third-order valence-corrected chi connectivity index (χ3v) is 2.30. The molecule has 2 nitrogen and oxygen atoms in total. The highest BCUT2D eigenvalue weighted by Gasteiger charge is 2.00. The number of benzene rings is 1. The van der Waals surface area contributed by atoms with Crippen LogP contribution in [0.25, 0.3) is 17.0 Å². The molecule has 0 saturated heterocycles. The first-order chi connectivity index (χ1) is 5.95. The molecule has 0 bridgehead atoms. The maximum atomic E-state index is 4.42. The average Bonchev–Trinajstić information content (AvgIpc) is 2.71. The van der Waals surface area contributed by atoms with Crippen LogP contribution < -0.4 is 10.6 Å². The van der Waals surface area contributed by atoms with Crippen molar-refractivity contribution in [3.63, 3.8) is 0 Å². The van der Waals surface area contributed by atoms with Crippen LogP contribution in [0, 0.1) is 0 Å². The minimum atomic E-state index is 0.833. The molecule has 0 spiro atoms. The van der Waals surface area contributed by atoms with Crippen LogP contribution in [0.2, 0.25) is 0 Å². The molecule has 3 rings (SSSR count). The number of aromatic amines is 1. The van der Waals surface area contributed by atoms with Crippen LogP contribution in [0.4, 0.5) is 0 Å². The second-order valence-corrected chi connectivity index (χ2v) is 2.99. The summed E-state index contributed by atoms with van der Waals surface area (Å²) in [6, 6.07) is 6.30. The van der Waals surface area contributed by atoms with Crippen molar-refractivity contribution >= 4 is 17.0 Å². The Morgan fingerprint density at radius 2 is 2.25 bits per heavy atom. The third kappa shape index (κ3) is 0.619. The van der Waals surface area contributed by atoms with E-state index in [0.717, 1.165) is 11.9 Å². The molecule has 0 fully saturated rings. The molecule has 0 unspecified atom stereocenters. The molecule has 1 aliphatic rings. The summed E-state index contributed by atoms with van der Waals surface area (Å²) in [5.41, 5.74) is 1.17. The van der Waals surface area contributed by atoms with E-state index < -0.39 is 0 Å². The van der Waals surface area contributed by atoms with Crippen molar-refractivity contribution in [2.24, 2.45) is 4.99 Å².